The summed E-state index contributed by atoms with van der Waals surface area (Å²) in [6.07, 6.45) is 0.813. The van der Waals surface area contributed by atoms with Crippen molar-refractivity contribution in [3.63, 3.8) is 0 Å². The molecule has 2 nitrogen and oxygen atoms in total. The van der Waals surface area contributed by atoms with Crippen LogP contribution in [-0.4, -0.2) is 18.9 Å². The molecule has 1 atom stereocenters. The van der Waals surface area contributed by atoms with Gasteiger partial charge < -0.3 is 5.32 Å². The van der Waals surface area contributed by atoms with Crippen molar-refractivity contribution in [1.29, 1.82) is 0 Å². The minimum Gasteiger partial charge on any atom is -0.316 e. The second-order valence-corrected chi connectivity index (χ2v) is 3.53. The summed E-state index contributed by atoms with van der Waals surface area (Å²) in [4.78, 5) is 11.8. The number of benzene rings is 1. The summed E-state index contributed by atoms with van der Waals surface area (Å²) in [7, 11) is 0. The third-order valence-corrected chi connectivity index (χ3v) is 2.57. The van der Waals surface area contributed by atoms with Crippen LogP contribution in [0, 0.1) is 11.7 Å². The van der Waals surface area contributed by atoms with Crippen molar-refractivity contribution in [2.75, 3.05) is 13.1 Å². The quantitative estimate of drug-likeness (QED) is 0.787. The van der Waals surface area contributed by atoms with Crippen molar-refractivity contribution in [3.8, 4) is 0 Å². The Hall–Kier alpha value is -0.930. The number of carbonyl (C=O) groups excluding carboxylic acids is 1. The summed E-state index contributed by atoms with van der Waals surface area (Å²) in [5.41, 5.74) is 0.223. The van der Waals surface area contributed by atoms with Crippen molar-refractivity contribution in [1.82, 2.24) is 5.32 Å². The largest absolute Gasteiger partial charge is 0.316 e. The third kappa shape index (κ3) is 2.55. The number of carbonyl (C=O) groups is 1. The van der Waals surface area contributed by atoms with E-state index in [1.54, 1.807) is 18.2 Å². The summed E-state index contributed by atoms with van der Waals surface area (Å²) in [6, 6.07) is 6.17. The van der Waals surface area contributed by atoms with Gasteiger partial charge in [-0.25, -0.2) is 4.39 Å². The maximum Gasteiger partial charge on any atom is 0.170 e. The molecule has 82 valence electrons. The predicted molar refractivity (Wildman–Crippen MR) is 59.0 cm³/mol. The van der Waals surface area contributed by atoms with E-state index in [0.29, 0.717) is 6.54 Å². The summed E-state index contributed by atoms with van der Waals surface area (Å²) in [6.45, 7) is 1.53. The van der Waals surface area contributed by atoms with E-state index in [0.717, 1.165) is 13.0 Å². The molecule has 0 aliphatic carbocycles. The van der Waals surface area contributed by atoms with E-state index in [4.69, 9.17) is 0 Å². The summed E-state index contributed by atoms with van der Waals surface area (Å²) in [5, 5.41) is 3.10. The third-order valence-electron chi connectivity index (χ3n) is 2.57. The van der Waals surface area contributed by atoms with E-state index >= 15 is 0 Å². The van der Waals surface area contributed by atoms with Gasteiger partial charge in [0.2, 0.25) is 0 Å². The molecule has 15 heavy (non-hydrogen) atoms. The minimum atomic E-state index is -0.413. The van der Waals surface area contributed by atoms with E-state index in [9.17, 15) is 9.18 Å². The average Bonchev–Trinajstić information content (AvgIpc) is 2.70. The van der Waals surface area contributed by atoms with Crippen LogP contribution >= 0.6 is 12.4 Å². The maximum absolute atomic E-state index is 13.3. The molecule has 1 saturated heterocycles. The summed E-state index contributed by atoms with van der Waals surface area (Å²) >= 11 is 0. The van der Waals surface area contributed by atoms with Crippen LogP contribution in [0.2, 0.25) is 0 Å². The average molecular weight is 230 g/mol. The summed E-state index contributed by atoms with van der Waals surface area (Å²) < 4.78 is 13.3. The Morgan fingerprint density at radius 1 is 1.40 bits per heavy atom. The van der Waals surface area contributed by atoms with Crippen LogP contribution in [0.3, 0.4) is 0 Å². The number of rotatable bonds is 2. The van der Waals surface area contributed by atoms with Crippen molar-refractivity contribution < 1.29 is 9.18 Å². The molecule has 0 radical (unpaired) electrons. The molecule has 0 saturated carbocycles. The minimum absolute atomic E-state index is 0. The van der Waals surface area contributed by atoms with Gasteiger partial charge in [-0.1, -0.05) is 12.1 Å². The fraction of sp³-hybridized carbons (Fsp3) is 0.364. The van der Waals surface area contributed by atoms with Crippen LogP contribution in [0.15, 0.2) is 24.3 Å². The van der Waals surface area contributed by atoms with Gasteiger partial charge in [0.25, 0.3) is 0 Å². The standard InChI is InChI=1S/C11H12FNO.ClH/c12-10-4-2-1-3-9(10)11(14)8-5-6-13-7-8;/h1-4,8,13H,5-7H2;1H. The van der Waals surface area contributed by atoms with Crippen LogP contribution in [0.4, 0.5) is 4.39 Å². The molecule has 0 aromatic heterocycles. The molecule has 1 aliphatic rings. The Bertz CT molecular complexity index is 350. The zero-order valence-electron chi connectivity index (χ0n) is 8.20. The number of ketones is 1. The zero-order chi connectivity index (χ0) is 9.97. The highest BCUT2D eigenvalue weighted by molar-refractivity contribution is 5.98. The monoisotopic (exact) mass is 229 g/mol. The highest BCUT2D eigenvalue weighted by Gasteiger charge is 2.25. The van der Waals surface area contributed by atoms with Crippen molar-refractivity contribution in [2.45, 2.75) is 6.42 Å². The molecule has 2 rings (SSSR count). The second kappa shape index (κ2) is 5.24. The molecule has 4 heteroatoms. The molecular weight excluding hydrogens is 217 g/mol. The van der Waals surface area contributed by atoms with Gasteiger partial charge in [0.1, 0.15) is 5.82 Å². The molecule has 1 aliphatic heterocycles. The molecule has 0 amide bonds. The smallest absolute Gasteiger partial charge is 0.170 e. The Balaban J connectivity index is 0.00000112. The lowest BCUT2D eigenvalue weighted by Gasteiger charge is -2.07. The highest BCUT2D eigenvalue weighted by atomic mass is 35.5. The Morgan fingerprint density at radius 2 is 2.13 bits per heavy atom. The van der Waals surface area contributed by atoms with Crippen LogP contribution in [0.25, 0.3) is 0 Å². The number of nitrogens with one attached hydrogen (secondary N) is 1. The molecule has 0 spiro atoms. The molecule has 1 heterocycles. The van der Waals surface area contributed by atoms with Gasteiger partial charge >= 0.3 is 0 Å². The lowest BCUT2D eigenvalue weighted by molar-refractivity contribution is 0.0926. The molecule has 1 fully saturated rings. The molecule has 1 unspecified atom stereocenters. The fourth-order valence-electron chi connectivity index (χ4n) is 1.76. The number of hydrogen-bond donors (Lipinski definition) is 1. The lowest BCUT2D eigenvalue weighted by atomic mass is 9.97. The van der Waals surface area contributed by atoms with Crippen LogP contribution in [0.1, 0.15) is 16.8 Å². The number of halogens is 2. The van der Waals surface area contributed by atoms with E-state index < -0.39 is 5.82 Å². The Kier molecular flexibility index (Phi) is 4.24. The topological polar surface area (TPSA) is 29.1 Å². The van der Waals surface area contributed by atoms with Crippen LogP contribution < -0.4 is 5.32 Å². The molecule has 0 bridgehead atoms. The Labute approximate surface area is 94.3 Å². The van der Waals surface area contributed by atoms with Crippen LogP contribution in [-0.2, 0) is 0 Å². The van der Waals surface area contributed by atoms with E-state index in [-0.39, 0.29) is 29.7 Å². The Morgan fingerprint density at radius 3 is 2.73 bits per heavy atom. The van der Waals surface area contributed by atoms with E-state index in [2.05, 4.69) is 5.32 Å². The first kappa shape index (κ1) is 12.1. The van der Waals surface area contributed by atoms with Gasteiger partial charge in [0, 0.05) is 12.5 Å². The first-order valence-electron chi connectivity index (χ1n) is 4.78. The maximum atomic E-state index is 13.3. The normalized spacial score (nSPS) is 19.7. The van der Waals surface area contributed by atoms with Gasteiger partial charge in [0.15, 0.2) is 5.78 Å². The first-order valence-corrected chi connectivity index (χ1v) is 4.78. The van der Waals surface area contributed by atoms with Crippen molar-refractivity contribution >= 4 is 18.2 Å². The first-order chi connectivity index (χ1) is 6.79. The van der Waals surface area contributed by atoms with Crippen molar-refractivity contribution in [3.05, 3.63) is 35.6 Å². The van der Waals surface area contributed by atoms with E-state index in [1.807, 2.05) is 0 Å². The number of hydrogen-bond acceptors (Lipinski definition) is 2. The van der Waals surface area contributed by atoms with E-state index in [1.165, 1.54) is 6.07 Å². The summed E-state index contributed by atoms with van der Waals surface area (Å²) in [5.74, 6) is -0.538. The zero-order valence-corrected chi connectivity index (χ0v) is 9.02. The molecular formula is C11H13ClFNO. The fourth-order valence-corrected chi connectivity index (χ4v) is 1.76. The van der Waals surface area contributed by atoms with Gasteiger partial charge in [-0.2, -0.15) is 0 Å². The number of Topliss-reactive ketones (excluding diaryl/α,β-unsaturated/α-hetero) is 1. The SMILES string of the molecule is Cl.O=C(c1ccccc1F)C1CCNC1. The van der Waals surface area contributed by atoms with Gasteiger partial charge in [0.05, 0.1) is 5.56 Å². The second-order valence-electron chi connectivity index (χ2n) is 3.53. The lowest BCUT2D eigenvalue weighted by Crippen LogP contribution is -2.18. The van der Waals surface area contributed by atoms with Gasteiger partial charge in [-0.3, -0.25) is 4.79 Å². The molecule has 1 aromatic carbocycles. The van der Waals surface area contributed by atoms with Crippen LogP contribution in [0.5, 0.6) is 0 Å². The van der Waals surface area contributed by atoms with Gasteiger partial charge in [-0.15, -0.1) is 12.4 Å². The van der Waals surface area contributed by atoms with Gasteiger partial charge in [-0.05, 0) is 25.1 Å². The van der Waals surface area contributed by atoms with Crippen molar-refractivity contribution in [2.24, 2.45) is 5.92 Å². The highest BCUT2D eigenvalue weighted by Crippen LogP contribution is 2.17. The molecule has 1 N–H and O–H groups in total. The predicted octanol–water partition coefficient (Wildman–Crippen LogP) is 2.04. The molecule has 1 aromatic rings.